The quantitative estimate of drug-likeness (QED) is 0.763. The van der Waals surface area contributed by atoms with Gasteiger partial charge < -0.3 is 15.7 Å². The van der Waals surface area contributed by atoms with Gasteiger partial charge in [0.2, 0.25) is 5.91 Å². The van der Waals surface area contributed by atoms with E-state index in [1.165, 1.54) is 0 Å². The van der Waals surface area contributed by atoms with Gasteiger partial charge in [-0.2, -0.15) is 0 Å². The van der Waals surface area contributed by atoms with Gasteiger partial charge in [-0.25, -0.2) is 4.79 Å². The van der Waals surface area contributed by atoms with Crippen molar-refractivity contribution in [3.8, 4) is 0 Å². The molecule has 1 fully saturated rings. The molecule has 0 radical (unpaired) electrons. The topological polar surface area (TPSA) is 78.4 Å². The molecular formula is C15H20N2O3S. The Bertz CT molecular complexity index is 519. The Morgan fingerprint density at radius 2 is 2.10 bits per heavy atom. The van der Waals surface area contributed by atoms with Gasteiger partial charge in [0.25, 0.3) is 0 Å². The summed E-state index contributed by atoms with van der Waals surface area (Å²) >= 11 is 1.55. The smallest absolute Gasteiger partial charge is 0.328 e. The van der Waals surface area contributed by atoms with Crippen LogP contribution in [-0.2, 0) is 16.0 Å². The molecule has 2 unspecified atom stereocenters. The number of nitrogens with one attached hydrogen (secondary N) is 2. The maximum atomic E-state index is 12.0. The van der Waals surface area contributed by atoms with Crippen LogP contribution in [0, 0.1) is 0 Å². The number of carboxylic acids is 1. The maximum absolute atomic E-state index is 12.0. The molecule has 0 aliphatic carbocycles. The second-order valence-electron chi connectivity index (χ2n) is 5.72. The summed E-state index contributed by atoms with van der Waals surface area (Å²) in [5.41, 5.74) is 0.867. The first-order valence-electron chi connectivity index (χ1n) is 6.85. The molecule has 114 valence electrons. The van der Waals surface area contributed by atoms with Crippen molar-refractivity contribution >= 4 is 23.6 Å². The van der Waals surface area contributed by atoms with E-state index in [9.17, 15) is 14.7 Å². The fraction of sp³-hybridized carbons (Fsp3) is 0.467. The average molecular weight is 308 g/mol. The summed E-state index contributed by atoms with van der Waals surface area (Å²) in [5.74, 6) is -1.29. The Hall–Kier alpha value is -1.53. The third kappa shape index (κ3) is 4.47. The van der Waals surface area contributed by atoms with Crippen molar-refractivity contribution in [1.82, 2.24) is 10.6 Å². The monoisotopic (exact) mass is 308 g/mol. The van der Waals surface area contributed by atoms with Crippen molar-refractivity contribution in [3.63, 3.8) is 0 Å². The summed E-state index contributed by atoms with van der Waals surface area (Å²) in [6, 6.07) is 8.36. The normalized spacial score (nSPS) is 21.7. The van der Waals surface area contributed by atoms with E-state index in [2.05, 4.69) is 24.5 Å². The Kier molecular flexibility index (Phi) is 4.90. The van der Waals surface area contributed by atoms with E-state index in [-0.39, 0.29) is 22.4 Å². The lowest BCUT2D eigenvalue weighted by Gasteiger charge is -2.22. The zero-order chi connectivity index (χ0) is 15.5. The summed E-state index contributed by atoms with van der Waals surface area (Å²) in [6.45, 7) is 4.82. The Morgan fingerprint density at radius 3 is 2.62 bits per heavy atom. The van der Waals surface area contributed by atoms with E-state index in [4.69, 9.17) is 0 Å². The van der Waals surface area contributed by atoms with E-state index in [1.54, 1.807) is 11.8 Å². The number of aliphatic carboxylic acids is 1. The lowest BCUT2D eigenvalue weighted by Crippen LogP contribution is -2.51. The van der Waals surface area contributed by atoms with Gasteiger partial charge in [0.15, 0.2) is 6.04 Å². The molecule has 1 heterocycles. The van der Waals surface area contributed by atoms with E-state index in [0.29, 0.717) is 0 Å². The van der Waals surface area contributed by atoms with Crippen LogP contribution in [0.25, 0.3) is 0 Å². The van der Waals surface area contributed by atoms with Crippen molar-refractivity contribution < 1.29 is 14.7 Å². The Labute approximate surface area is 128 Å². The second kappa shape index (κ2) is 6.49. The van der Waals surface area contributed by atoms with Crippen molar-refractivity contribution in [2.75, 3.05) is 6.54 Å². The number of carbonyl (C=O) groups excluding carboxylic acids is 1. The predicted molar refractivity (Wildman–Crippen MR) is 83.2 cm³/mol. The van der Waals surface area contributed by atoms with Crippen LogP contribution >= 0.6 is 11.8 Å². The van der Waals surface area contributed by atoms with Gasteiger partial charge in [0.1, 0.15) is 0 Å². The fourth-order valence-corrected chi connectivity index (χ4v) is 3.57. The minimum absolute atomic E-state index is 0.0253. The van der Waals surface area contributed by atoms with E-state index < -0.39 is 12.0 Å². The molecule has 2 atom stereocenters. The lowest BCUT2D eigenvalue weighted by atomic mass is 10.1. The largest absolute Gasteiger partial charge is 0.480 e. The molecule has 5 nitrogen and oxygen atoms in total. The second-order valence-corrected chi connectivity index (χ2v) is 7.57. The SMILES string of the molecule is CC1(C)CNC(C(NC(=O)Cc2ccccc2)C(=O)O)S1. The predicted octanol–water partition coefficient (Wildman–Crippen LogP) is 1.24. The summed E-state index contributed by atoms with van der Waals surface area (Å²) in [4.78, 5) is 23.5. The van der Waals surface area contributed by atoms with Crippen molar-refractivity contribution in [2.45, 2.75) is 36.4 Å². The molecule has 1 aliphatic heterocycles. The van der Waals surface area contributed by atoms with Crippen molar-refractivity contribution in [1.29, 1.82) is 0 Å². The highest BCUT2D eigenvalue weighted by Crippen LogP contribution is 2.34. The number of carboxylic acid groups (broad SMARTS) is 1. The summed E-state index contributed by atoms with van der Waals surface area (Å²) in [5, 5.41) is 14.8. The molecule has 3 N–H and O–H groups in total. The highest BCUT2D eigenvalue weighted by molar-refractivity contribution is 8.01. The first-order chi connectivity index (χ1) is 9.87. The Morgan fingerprint density at radius 1 is 1.43 bits per heavy atom. The summed E-state index contributed by atoms with van der Waals surface area (Å²) in [6.07, 6.45) is 0.186. The highest BCUT2D eigenvalue weighted by atomic mass is 32.2. The van der Waals surface area contributed by atoms with Gasteiger partial charge in [0.05, 0.1) is 11.8 Å². The number of thioether (sulfide) groups is 1. The standard InChI is InChI=1S/C15H20N2O3S/c1-15(2)9-16-13(21-15)12(14(19)20)17-11(18)8-10-6-4-3-5-7-10/h3-7,12-13,16H,8-9H2,1-2H3,(H,17,18)(H,19,20). The van der Waals surface area contributed by atoms with Crippen LogP contribution < -0.4 is 10.6 Å². The fourth-order valence-electron chi connectivity index (χ4n) is 2.23. The van der Waals surface area contributed by atoms with Gasteiger partial charge in [0, 0.05) is 11.3 Å². The van der Waals surface area contributed by atoms with Gasteiger partial charge in [-0.05, 0) is 19.4 Å². The summed E-state index contributed by atoms with van der Waals surface area (Å²) < 4.78 is -0.0253. The molecule has 6 heteroatoms. The molecule has 1 aromatic carbocycles. The summed E-state index contributed by atoms with van der Waals surface area (Å²) in [7, 11) is 0. The molecule has 1 amide bonds. The van der Waals surface area contributed by atoms with Crippen LogP contribution in [0.1, 0.15) is 19.4 Å². The number of amides is 1. The van der Waals surface area contributed by atoms with Crippen LogP contribution in [0.3, 0.4) is 0 Å². The van der Waals surface area contributed by atoms with Gasteiger partial charge >= 0.3 is 5.97 Å². The third-order valence-corrected chi connectivity index (χ3v) is 4.74. The molecule has 1 saturated heterocycles. The number of hydrogen-bond donors (Lipinski definition) is 3. The van der Waals surface area contributed by atoms with Crippen molar-refractivity contribution in [3.05, 3.63) is 35.9 Å². The molecule has 0 spiro atoms. The molecule has 1 aromatic rings. The van der Waals surface area contributed by atoms with Gasteiger partial charge in [-0.1, -0.05) is 30.3 Å². The molecule has 2 rings (SSSR count). The average Bonchev–Trinajstić information content (AvgIpc) is 2.77. The lowest BCUT2D eigenvalue weighted by molar-refractivity contribution is -0.141. The number of rotatable bonds is 5. The molecule has 0 aromatic heterocycles. The highest BCUT2D eigenvalue weighted by Gasteiger charge is 2.39. The zero-order valence-electron chi connectivity index (χ0n) is 12.1. The number of carbonyl (C=O) groups is 2. The number of hydrogen-bond acceptors (Lipinski definition) is 4. The molecule has 0 saturated carbocycles. The van der Waals surface area contributed by atoms with Crippen LogP contribution in [0.4, 0.5) is 0 Å². The van der Waals surface area contributed by atoms with Gasteiger partial charge in [-0.3, -0.25) is 4.79 Å². The maximum Gasteiger partial charge on any atom is 0.328 e. The minimum Gasteiger partial charge on any atom is -0.480 e. The van der Waals surface area contributed by atoms with Crippen molar-refractivity contribution in [2.24, 2.45) is 0 Å². The third-order valence-electron chi connectivity index (χ3n) is 3.27. The van der Waals surface area contributed by atoms with Crippen LogP contribution in [0.2, 0.25) is 0 Å². The molecule has 21 heavy (non-hydrogen) atoms. The van der Waals surface area contributed by atoms with Crippen LogP contribution in [0.15, 0.2) is 30.3 Å². The minimum atomic E-state index is -1.01. The number of benzene rings is 1. The van der Waals surface area contributed by atoms with Crippen LogP contribution in [0.5, 0.6) is 0 Å². The Balaban J connectivity index is 1.97. The molecule has 1 aliphatic rings. The van der Waals surface area contributed by atoms with Gasteiger partial charge in [-0.15, -0.1) is 11.8 Å². The first-order valence-corrected chi connectivity index (χ1v) is 7.73. The first kappa shape index (κ1) is 15.9. The van der Waals surface area contributed by atoms with Crippen LogP contribution in [-0.4, -0.2) is 39.7 Å². The van der Waals surface area contributed by atoms with E-state index >= 15 is 0 Å². The van der Waals surface area contributed by atoms with E-state index in [1.807, 2.05) is 30.3 Å². The zero-order valence-corrected chi connectivity index (χ0v) is 12.9. The molecule has 0 bridgehead atoms. The molecular weight excluding hydrogens is 288 g/mol. The van der Waals surface area contributed by atoms with E-state index in [0.717, 1.165) is 12.1 Å².